The highest BCUT2D eigenvalue weighted by Crippen LogP contribution is 2.24. The summed E-state index contributed by atoms with van der Waals surface area (Å²) in [6.45, 7) is 3.83. The maximum Gasteiger partial charge on any atom is 0.0956 e. The maximum atomic E-state index is 10.3. The zero-order valence-corrected chi connectivity index (χ0v) is 11.7. The van der Waals surface area contributed by atoms with Gasteiger partial charge in [0.05, 0.1) is 10.6 Å². The number of aromatic nitrogens is 1. The number of hydrogen-bond donors (Lipinski definition) is 2. The average molecular weight is 285 g/mol. The zero-order chi connectivity index (χ0) is 10.0. The molecule has 16 heavy (non-hydrogen) atoms. The predicted molar refractivity (Wildman–Crippen MR) is 72.1 cm³/mol. The summed E-state index contributed by atoms with van der Waals surface area (Å²) in [6, 6.07) is 0. The first-order chi connectivity index (χ1) is 6.68. The van der Waals surface area contributed by atoms with Crippen molar-refractivity contribution in [2.75, 3.05) is 13.1 Å². The molecule has 1 saturated heterocycles. The van der Waals surface area contributed by atoms with Crippen LogP contribution in [0.3, 0.4) is 0 Å². The van der Waals surface area contributed by atoms with E-state index in [-0.39, 0.29) is 24.8 Å². The molecule has 1 fully saturated rings. The first-order valence-electron chi connectivity index (χ1n) is 5.02. The first kappa shape index (κ1) is 16.1. The standard InChI is InChI=1S/C10H16N2OS.2ClH/c1-8-7-14-9(12-8)6-10(13)2-4-11-5-3-10;;/h7,11,13H,2-6H2,1H3;2*1H. The van der Waals surface area contributed by atoms with Gasteiger partial charge < -0.3 is 10.4 Å². The molecule has 2 heterocycles. The van der Waals surface area contributed by atoms with Gasteiger partial charge in [-0.25, -0.2) is 4.98 Å². The third kappa shape index (κ3) is 4.18. The maximum absolute atomic E-state index is 10.3. The Kier molecular flexibility index (Phi) is 6.82. The Hall–Kier alpha value is 0.130. The van der Waals surface area contributed by atoms with Gasteiger partial charge in [-0.15, -0.1) is 36.2 Å². The fourth-order valence-electron chi connectivity index (χ4n) is 1.83. The minimum Gasteiger partial charge on any atom is -0.389 e. The second-order valence-electron chi connectivity index (χ2n) is 4.03. The Morgan fingerprint density at radius 3 is 2.56 bits per heavy atom. The minimum absolute atomic E-state index is 0. The monoisotopic (exact) mass is 284 g/mol. The van der Waals surface area contributed by atoms with Gasteiger partial charge >= 0.3 is 0 Å². The average Bonchev–Trinajstić information content (AvgIpc) is 2.51. The molecule has 3 nitrogen and oxygen atoms in total. The lowest BCUT2D eigenvalue weighted by atomic mass is 9.89. The fourth-order valence-corrected chi connectivity index (χ4v) is 2.74. The summed E-state index contributed by atoms with van der Waals surface area (Å²) < 4.78 is 0. The van der Waals surface area contributed by atoms with Gasteiger partial charge in [-0.1, -0.05) is 0 Å². The van der Waals surface area contributed by atoms with Crippen LogP contribution in [-0.2, 0) is 6.42 Å². The van der Waals surface area contributed by atoms with Crippen molar-refractivity contribution in [3.63, 3.8) is 0 Å². The van der Waals surface area contributed by atoms with Crippen LogP contribution in [0.25, 0.3) is 0 Å². The third-order valence-corrected chi connectivity index (χ3v) is 3.65. The van der Waals surface area contributed by atoms with E-state index >= 15 is 0 Å². The highest BCUT2D eigenvalue weighted by molar-refractivity contribution is 7.09. The lowest BCUT2D eigenvalue weighted by molar-refractivity contribution is 0.0108. The normalized spacial score (nSPS) is 18.4. The lowest BCUT2D eigenvalue weighted by Gasteiger charge is -2.31. The van der Waals surface area contributed by atoms with E-state index in [0.29, 0.717) is 6.42 Å². The van der Waals surface area contributed by atoms with Crippen LogP contribution in [0.4, 0.5) is 0 Å². The Labute approximate surface area is 112 Å². The highest BCUT2D eigenvalue weighted by atomic mass is 35.5. The van der Waals surface area contributed by atoms with Crippen LogP contribution in [0.5, 0.6) is 0 Å². The molecule has 1 aromatic heterocycles. The number of aliphatic hydroxyl groups is 1. The second-order valence-corrected chi connectivity index (χ2v) is 4.98. The Bertz CT molecular complexity index is 314. The van der Waals surface area contributed by atoms with Crippen molar-refractivity contribution in [1.82, 2.24) is 10.3 Å². The van der Waals surface area contributed by atoms with Crippen LogP contribution in [0, 0.1) is 6.92 Å². The van der Waals surface area contributed by atoms with Gasteiger partial charge in [0.15, 0.2) is 0 Å². The number of nitrogens with one attached hydrogen (secondary N) is 1. The van der Waals surface area contributed by atoms with E-state index in [1.165, 1.54) is 0 Å². The molecule has 1 aliphatic rings. The van der Waals surface area contributed by atoms with Gasteiger partial charge in [-0.2, -0.15) is 0 Å². The minimum atomic E-state index is -0.518. The van der Waals surface area contributed by atoms with Crippen molar-refractivity contribution in [2.45, 2.75) is 31.8 Å². The van der Waals surface area contributed by atoms with Crippen molar-refractivity contribution in [2.24, 2.45) is 0 Å². The van der Waals surface area contributed by atoms with Crippen molar-refractivity contribution >= 4 is 36.2 Å². The number of rotatable bonds is 2. The SMILES string of the molecule is Cc1csc(CC2(O)CCNCC2)n1.Cl.Cl. The molecule has 0 aliphatic carbocycles. The molecule has 0 radical (unpaired) electrons. The van der Waals surface area contributed by atoms with E-state index in [4.69, 9.17) is 0 Å². The molecule has 1 aliphatic heterocycles. The number of aryl methyl sites for hydroxylation is 1. The highest BCUT2D eigenvalue weighted by Gasteiger charge is 2.30. The van der Waals surface area contributed by atoms with Gasteiger partial charge in [0.2, 0.25) is 0 Å². The molecule has 0 unspecified atom stereocenters. The van der Waals surface area contributed by atoms with Gasteiger partial charge in [-0.05, 0) is 32.9 Å². The Morgan fingerprint density at radius 1 is 1.44 bits per heavy atom. The molecule has 0 spiro atoms. The van der Waals surface area contributed by atoms with E-state index < -0.39 is 5.60 Å². The summed E-state index contributed by atoms with van der Waals surface area (Å²) in [5, 5.41) is 16.6. The zero-order valence-electron chi connectivity index (χ0n) is 9.23. The van der Waals surface area contributed by atoms with Crippen molar-refractivity contribution < 1.29 is 5.11 Å². The molecule has 94 valence electrons. The van der Waals surface area contributed by atoms with Crippen LogP contribution in [-0.4, -0.2) is 28.8 Å². The molecule has 0 aromatic carbocycles. The molecule has 0 saturated carbocycles. The number of halogens is 2. The van der Waals surface area contributed by atoms with E-state index in [1.807, 2.05) is 12.3 Å². The topological polar surface area (TPSA) is 45.1 Å². The molecular formula is C10H18Cl2N2OS. The molecule has 2 N–H and O–H groups in total. The van der Waals surface area contributed by atoms with Crippen molar-refractivity contribution in [3.05, 3.63) is 16.1 Å². The smallest absolute Gasteiger partial charge is 0.0956 e. The first-order valence-corrected chi connectivity index (χ1v) is 5.90. The van der Waals surface area contributed by atoms with Gasteiger partial charge in [0.1, 0.15) is 0 Å². The summed E-state index contributed by atoms with van der Waals surface area (Å²) >= 11 is 1.65. The van der Waals surface area contributed by atoms with Crippen molar-refractivity contribution in [1.29, 1.82) is 0 Å². The molecule has 0 amide bonds. The molecule has 6 heteroatoms. The van der Waals surface area contributed by atoms with Crippen LogP contribution in [0.15, 0.2) is 5.38 Å². The number of hydrogen-bond acceptors (Lipinski definition) is 4. The van der Waals surface area contributed by atoms with Crippen molar-refractivity contribution in [3.8, 4) is 0 Å². The van der Waals surface area contributed by atoms with E-state index in [1.54, 1.807) is 11.3 Å². The summed E-state index contributed by atoms with van der Waals surface area (Å²) in [5.41, 5.74) is 0.540. The lowest BCUT2D eigenvalue weighted by Crippen LogP contribution is -2.43. The second kappa shape index (κ2) is 6.77. The molecule has 2 rings (SSSR count). The predicted octanol–water partition coefficient (Wildman–Crippen LogP) is 1.95. The number of nitrogens with zero attached hydrogens (tertiary/aromatic N) is 1. The van der Waals surface area contributed by atoms with E-state index in [2.05, 4.69) is 10.3 Å². The summed E-state index contributed by atoms with van der Waals surface area (Å²) in [5.74, 6) is 0. The van der Waals surface area contributed by atoms with Gasteiger partial charge in [0.25, 0.3) is 0 Å². The molecule has 1 aromatic rings. The van der Waals surface area contributed by atoms with Crippen LogP contribution in [0.1, 0.15) is 23.5 Å². The Balaban J connectivity index is 0.00000112. The molecule has 0 bridgehead atoms. The van der Waals surface area contributed by atoms with Crippen LogP contribution < -0.4 is 5.32 Å². The number of piperidine rings is 1. The van der Waals surface area contributed by atoms with Crippen LogP contribution >= 0.6 is 36.2 Å². The molecule has 0 atom stereocenters. The number of thiazole rings is 1. The van der Waals surface area contributed by atoms with E-state index in [0.717, 1.165) is 36.6 Å². The van der Waals surface area contributed by atoms with E-state index in [9.17, 15) is 5.11 Å². The van der Waals surface area contributed by atoms with Gasteiger partial charge in [-0.3, -0.25) is 0 Å². The third-order valence-electron chi connectivity index (χ3n) is 2.68. The summed E-state index contributed by atoms with van der Waals surface area (Å²) in [4.78, 5) is 4.39. The quantitative estimate of drug-likeness (QED) is 0.873. The largest absolute Gasteiger partial charge is 0.389 e. The molecular weight excluding hydrogens is 267 g/mol. The summed E-state index contributed by atoms with van der Waals surface area (Å²) in [7, 11) is 0. The fraction of sp³-hybridized carbons (Fsp3) is 0.700. The van der Waals surface area contributed by atoms with Gasteiger partial charge in [0, 0.05) is 17.5 Å². The summed E-state index contributed by atoms with van der Waals surface area (Å²) in [6.07, 6.45) is 2.39. The van der Waals surface area contributed by atoms with Crippen LogP contribution in [0.2, 0.25) is 0 Å². The Morgan fingerprint density at radius 2 is 2.06 bits per heavy atom.